The van der Waals surface area contributed by atoms with Gasteiger partial charge in [0.15, 0.2) is 0 Å². The highest BCUT2D eigenvalue weighted by Gasteiger charge is 1.98. The van der Waals surface area contributed by atoms with Crippen molar-refractivity contribution in [3.05, 3.63) is 29.8 Å². The van der Waals surface area contributed by atoms with Gasteiger partial charge in [-0.1, -0.05) is 205 Å². The van der Waals surface area contributed by atoms with Gasteiger partial charge in [0.05, 0.1) is 0 Å². The van der Waals surface area contributed by atoms with E-state index in [-0.39, 0.29) is 0 Å². The van der Waals surface area contributed by atoms with Crippen molar-refractivity contribution in [3.8, 4) is 5.75 Å². The van der Waals surface area contributed by atoms with E-state index in [2.05, 4.69) is 19.1 Å². The molecule has 0 atom stereocenters. The van der Waals surface area contributed by atoms with E-state index in [1.54, 1.807) is 12.1 Å². The van der Waals surface area contributed by atoms with Gasteiger partial charge in [-0.05, 0) is 30.5 Å². The monoisotopic (exact) mass is 543 g/mol. The highest BCUT2D eigenvalue weighted by Crippen LogP contribution is 2.17. The van der Waals surface area contributed by atoms with Gasteiger partial charge in [-0.25, -0.2) is 0 Å². The van der Waals surface area contributed by atoms with E-state index in [9.17, 15) is 5.11 Å². The number of rotatable bonds is 31. The Labute approximate surface area is 246 Å². The third-order valence-corrected chi connectivity index (χ3v) is 8.76. The van der Waals surface area contributed by atoms with Gasteiger partial charge in [0.25, 0.3) is 0 Å². The summed E-state index contributed by atoms with van der Waals surface area (Å²) >= 11 is 0. The molecule has 0 aliphatic heterocycles. The molecule has 1 nitrogen and oxygen atoms in total. The third-order valence-electron chi connectivity index (χ3n) is 8.76. The Morgan fingerprint density at radius 2 is 0.564 bits per heavy atom. The number of unbranched alkanes of at least 4 members (excludes halogenated alkanes) is 29. The molecular formula is C38H70O. The molecule has 0 saturated heterocycles. The Bertz CT molecular complexity index is 577. The lowest BCUT2D eigenvalue weighted by atomic mass is 10.0. The summed E-state index contributed by atoms with van der Waals surface area (Å²) in [6.07, 6.45) is 44.7. The van der Waals surface area contributed by atoms with Crippen LogP contribution in [0, 0.1) is 0 Å². The molecule has 0 aromatic heterocycles. The fourth-order valence-electron chi connectivity index (χ4n) is 6.01. The van der Waals surface area contributed by atoms with Crippen LogP contribution in [0.5, 0.6) is 5.75 Å². The molecule has 0 bridgehead atoms. The Morgan fingerprint density at radius 1 is 0.333 bits per heavy atom. The van der Waals surface area contributed by atoms with Crippen LogP contribution in [0.25, 0.3) is 0 Å². The summed E-state index contributed by atoms with van der Waals surface area (Å²) in [6, 6.07) is 7.71. The summed E-state index contributed by atoms with van der Waals surface area (Å²) < 4.78 is 0. The zero-order valence-corrected chi connectivity index (χ0v) is 26.7. The summed E-state index contributed by atoms with van der Waals surface area (Å²) in [7, 11) is 0. The smallest absolute Gasteiger partial charge is 0.115 e. The zero-order valence-electron chi connectivity index (χ0n) is 26.7. The van der Waals surface area contributed by atoms with Gasteiger partial charge in [-0.2, -0.15) is 0 Å². The maximum absolute atomic E-state index is 9.34. The minimum absolute atomic E-state index is 0.375. The second kappa shape index (κ2) is 30.0. The van der Waals surface area contributed by atoms with Crippen LogP contribution in [0.15, 0.2) is 24.3 Å². The topological polar surface area (TPSA) is 20.2 Å². The summed E-state index contributed by atoms with van der Waals surface area (Å²) in [5, 5.41) is 9.34. The molecule has 0 aliphatic carbocycles. The van der Waals surface area contributed by atoms with Crippen molar-refractivity contribution in [1.82, 2.24) is 0 Å². The summed E-state index contributed by atoms with van der Waals surface area (Å²) in [4.78, 5) is 0. The van der Waals surface area contributed by atoms with Crippen LogP contribution in [-0.4, -0.2) is 5.11 Å². The first-order valence-corrected chi connectivity index (χ1v) is 18.1. The highest BCUT2D eigenvalue weighted by atomic mass is 16.3. The number of aryl methyl sites for hydroxylation is 1. The molecule has 0 unspecified atom stereocenters. The Morgan fingerprint density at radius 3 is 0.821 bits per heavy atom. The number of phenols is 1. The molecule has 0 amide bonds. The van der Waals surface area contributed by atoms with Gasteiger partial charge >= 0.3 is 0 Å². The van der Waals surface area contributed by atoms with Crippen LogP contribution in [-0.2, 0) is 6.42 Å². The van der Waals surface area contributed by atoms with E-state index in [0.717, 1.165) is 6.42 Å². The predicted octanol–water partition coefficient (Wildman–Crippen LogP) is 13.7. The first-order valence-electron chi connectivity index (χ1n) is 18.1. The first-order chi connectivity index (χ1) is 19.3. The maximum atomic E-state index is 9.34. The van der Waals surface area contributed by atoms with Gasteiger partial charge in [0.2, 0.25) is 0 Å². The normalized spacial score (nSPS) is 11.4. The number of hydrogen-bond acceptors (Lipinski definition) is 1. The molecular weight excluding hydrogens is 472 g/mol. The van der Waals surface area contributed by atoms with E-state index in [4.69, 9.17) is 0 Å². The lowest BCUT2D eigenvalue weighted by molar-refractivity contribution is 0.475. The summed E-state index contributed by atoms with van der Waals surface area (Å²) in [5.74, 6) is 0.375. The Balaban J connectivity index is 1.64. The van der Waals surface area contributed by atoms with Gasteiger partial charge < -0.3 is 5.11 Å². The fraction of sp³-hybridized carbons (Fsp3) is 0.842. The molecule has 1 aromatic rings. The van der Waals surface area contributed by atoms with Crippen molar-refractivity contribution in [2.24, 2.45) is 0 Å². The molecule has 0 aliphatic rings. The molecule has 39 heavy (non-hydrogen) atoms. The molecule has 0 spiro atoms. The molecule has 0 heterocycles. The van der Waals surface area contributed by atoms with Crippen molar-refractivity contribution in [1.29, 1.82) is 0 Å². The maximum Gasteiger partial charge on any atom is 0.115 e. The van der Waals surface area contributed by atoms with E-state index in [0.29, 0.717) is 5.75 Å². The fourth-order valence-corrected chi connectivity index (χ4v) is 6.01. The Kier molecular flexibility index (Phi) is 27.7. The number of phenolic OH excluding ortho intramolecular Hbond substituents is 1. The molecule has 1 rings (SSSR count). The minimum Gasteiger partial charge on any atom is -0.508 e. The average molecular weight is 543 g/mol. The standard InChI is InChI=1S/C38H70O/c1-2-3-4-5-6-7-8-9-10-11-12-13-14-15-16-17-18-19-20-21-22-23-24-25-26-27-28-29-30-31-32-37-33-35-38(39)36-34-37/h33-36,39H,2-32H2,1H3. The van der Waals surface area contributed by atoms with Crippen LogP contribution >= 0.6 is 0 Å². The van der Waals surface area contributed by atoms with Crippen LogP contribution in [0.4, 0.5) is 0 Å². The Hall–Kier alpha value is -0.980. The number of aromatic hydroxyl groups is 1. The highest BCUT2D eigenvalue weighted by molar-refractivity contribution is 5.25. The van der Waals surface area contributed by atoms with Crippen LogP contribution < -0.4 is 0 Å². The van der Waals surface area contributed by atoms with Crippen LogP contribution in [0.2, 0.25) is 0 Å². The molecule has 1 heteroatoms. The molecule has 0 fully saturated rings. The first kappa shape index (κ1) is 36.0. The third kappa shape index (κ3) is 27.0. The quantitative estimate of drug-likeness (QED) is 0.0925. The minimum atomic E-state index is 0.375. The van der Waals surface area contributed by atoms with Crippen molar-refractivity contribution in [3.63, 3.8) is 0 Å². The lowest BCUT2D eigenvalue weighted by Gasteiger charge is -2.05. The molecule has 0 saturated carbocycles. The van der Waals surface area contributed by atoms with Gasteiger partial charge in [0.1, 0.15) is 5.75 Å². The van der Waals surface area contributed by atoms with Crippen molar-refractivity contribution < 1.29 is 5.11 Å². The molecule has 1 N–H and O–H groups in total. The second-order valence-corrected chi connectivity index (χ2v) is 12.7. The van der Waals surface area contributed by atoms with Crippen molar-refractivity contribution >= 4 is 0 Å². The van der Waals surface area contributed by atoms with Crippen molar-refractivity contribution in [2.75, 3.05) is 0 Å². The predicted molar refractivity (Wildman–Crippen MR) is 176 cm³/mol. The SMILES string of the molecule is CCCCCCCCCCCCCCCCCCCCCCCCCCCCCCCCc1ccc(O)cc1. The van der Waals surface area contributed by atoms with E-state index < -0.39 is 0 Å². The number of hydrogen-bond donors (Lipinski definition) is 1. The second-order valence-electron chi connectivity index (χ2n) is 12.7. The zero-order chi connectivity index (χ0) is 27.9. The van der Waals surface area contributed by atoms with E-state index in [1.165, 1.54) is 198 Å². The molecule has 0 radical (unpaired) electrons. The average Bonchev–Trinajstić information content (AvgIpc) is 2.95. The number of benzene rings is 1. The van der Waals surface area contributed by atoms with Gasteiger partial charge in [-0.3, -0.25) is 0 Å². The lowest BCUT2D eigenvalue weighted by Crippen LogP contribution is -1.86. The van der Waals surface area contributed by atoms with Gasteiger partial charge in [0, 0.05) is 0 Å². The summed E-state index contributed by atoms with van der Waals surface area (Å²) in [5.41, 5.74) is 1.35. The van der Waals surface area contributed by atoms with Gasteiger partial charge in [-0.15, -0.1) is 0 Å². The van der Waals surface area contributed by atoms with Crippen molar-refractivity contribution in [2.45, 2.75) is 206 Å². The largest absolute Gasteiger partial charge is 0.508 e. The molecule has 1 aromatic carbocycles. The van der Waals surface area contributed by atoms with Crippen LogP contribution in [0.1, 0.15) is 205 Å². The molecule has 228 valence electrons. The van der Waals surface area contributed by atoms with E-state index in [1.807, 2.05) is 0 Å². The summed E-state index contributed by atoms with van der Waals surface area (Å²) in [6.45, 7) is 2.30. The van der Waals surface area contributed by atoms with E-state index >= 15 is 0 Å². The van der Waals surface area contributed by atoms with Crippen LogP contribution in [0.3, 0.4) is 0 Å².